The molecule has 1 amide bonds. The van der Waals surface area contributed by atoms with E-state index in [4.69, 9.17) is 0 Å². The predicted octanol–water partition coefficient (Wildman–Crippen LogP) is 4.39. The van der Waals surface area contributed by atoms with Crippen LogP contribution in [0.5, 0.6) is 0 Å². The number of aryl methyl sites for hydroxylation is 2. The third-order valence-electron chi connectivity index (χ3n) is 3.53. The minimum Gasteiger partial charge on any atom is -0.376 e. The lowest BCUT2D eigenvalue weighted by Crippen LogP contribution is -2.21. The molecule has 0 aromatic heterocycles. The minimum atomic E-state index is -0.0411. The molecule has 0 saturated heterocycles. The number of unbranched alkanes of at least 4 members (excludes halogenated alkanes) is 1. The number of hydrogen-bond acceptors (Lipinski definition) is 2. The molecule has 0 saturated carbocycles. The molecule has 2 rings (SSSR count). The van der Waals surface area contributed by atoms with Crippen molar-refractivity contribution < 1.29 is 4.79 Å². The quantitative estimate of drug-likeness (QED) is 0.795. The van der Waals surface area contributed by atoms with Crippen molar-refractivity contribution in [1.29, 1.82) is 0 Å². The molecule has 0 aliphatic heterocycles. The van der Waals surface area contributed by atoms with Crippen molar-refractivity contribution in [3.05, 3.63) is 59.7 Å². The molecule has 0 aliphatic rings. The summed E-state index contributed by atoms with van der Waals surface area (Å²) < 4.78 is 0. The maximum Gasteiger partial charge on any atom is 0.243 e. The summed E-state index contributed by atoms with van der Waals surface area (Å²) in [6.07, 6.45) is 3.54. The highest BCUT2D eigenvalue weighted by Gasteiger charge is 2.02. The predicted molar refractivity (Wildman–Crippen MR) is 93.4 cm³/mol. The number of anilines is 2. The molecule has 0 atom stereocenters. The second-order valence-electron chi connectivity index (χ2n) is 5.57. The smallest absolute Gasteiger partial charge is 0.243 e. The van der Waals surface area contributed by atoms with E-state index in [1.54, 1.807) is 0 Å². The Labute approximate surface area is 132 Å². The number of benzene rings is 2. The third-order valence-corrected chi connectivity index (χ3v) is 3.53. The van der Waals surface area contributed by atoms with E-state index in [1.165, 1.54) is 18.4 Å². The molecule has 3 heteroatoms. The molecule has 22 heavy (non-hydrogen) atoms. The lowest BCUT2D eigenvalue weighted by atomic mass is 10.1. The van der Waals surface area contributed by atoms with Crippen LogP contribution in [0.1, 0.15) is 30.9 Å². The van der Waals surface area contributed by atoms with E-state index in [0.29, 0.717) is 0 Å². The third kappa shape index (κ3) is 5.24. The van der Waals surface area contributed by atoms with Crippen LogP contribution in [0.15, 0.2) is 48.5 Å². The molecular weight excluding hydrogens is 272 g/mol. The van der Waals surface area contributed by atoms with E-state index in [0.717, 1.165) is 23.4 Å². The topological polar surface area (TPSA) is 41.1 Å². The average Bonchev–Trinajstić information content (AvgIpc) is 2.52. The van der Waals surface area contributed by atoms with Gasteiger partial charge in [-0.15, -0.1) is 0 Å². The van der Waals surface area contributed by atoms with Crippen LogP contribution in [0.25, 0.3) is 0 Å². The molecule has 0 unspecified atom stereocenters. The zero-order valence-corrected chi connectivity index (χ0v) is 13.4. The van der Waals surface area contributed by atoms with Gasteiger partial charge in [0.2, 0.25) is 5.91 Å². The maximum absolute atomic E-state index is 11.9. The highest BCUT2D eigenvalue weighted by molar-refractivity contribution is 5.93. The van der Waals surface area contributed by atoms with Gasteiger partial charge in [-0.05, 0) is 55.2 Å². The second-order valence-corrected chi connectivity index (χ2v) is 5.57. The number of carbonyl (C=O) groups excluding carboxylic acids is 1. The number of amides is 1. The van der Waals surface area contributed by atoms with Crippen LogP contribution in [0, 0.1) is 6.92 Å². The zero-order chi connectivity index (χ0) is 15.8. The zero-order valence-electron chi connectivity index (χ0n) is 13.4. The average molecular weight is 296 g/mol. The van der Waals surface area contributed by atoms with Crippen LogP contribution >= 0.6 is 0 Å². The summed E-state index contributed by atoms with van der Waals surface area (Å²) in [6.45, 7) is 4.47. The van der Waals surface area contributed by atoms with Gasteiger partial charge >= 0.3 is 0 Å². The fourth-order valence-corrected chi connectivity index (χ4v) is 2.28. The highest BCUT2D eigenvalue weighted by atomic mass is 16.1. The van der Waals surface area contributed by atoms with Gasteiger partial charge in [0, 0.05) is 11.4 Å². The van der Waals surface area contributed by atoms with Gasteiger partial charge in [0.05, 0.1) is 6.54 Å². The van der Waals surface area contributed by atoms with Crippen molar-refractivity contribution in [1.82, 2.24) is 0 Å². The van der Waals surface area contributed by atoms with E-state index in [9.17, 15) is 4.79 Å². The molecule has 116 valence electrons. The molecule has 0 radical (unpaired) electrons. The largest absolute Gasteiger partial charge is 0.376 e. The summed E-state index contributed by atoms with van der Waals surface area (Å²) in [5, 5.41) is 6.04. The SMILES string of the molecule is CCCCc1ccc(NCC(=O)Nc2cccc(C)c2)cc1. The standard InChI is InChI=1S/C19H24N2O/c1-3-4-7-16-9-11-17(12-10-16)20-14-19(22)21-18-8-5-6-15(2)13-18/h5-6,8-13,20H,3-4,7,14H2,1-2H3,(H,21,22). The van der Waals surface area contributed by atoms with Gasteiger partial charge in [-0.2, -0.15) is 0 Å². The van der Waals surface area contributed by atoms with E-state index in [-0.39, 0.29) is 12.5 Å². The summed E-state index contributed by atoms with van der Waals surface area (Å²) in [5.41, 5.74) is 4.28. The Morgan fingerprint density at radius 2 is 1.82 bits per heavy atom. The fraction of sp³-hybridized carbons (Fsp3) is 0.316. The fourth-order valence-electron chi connectivity index (χ4n) is 2.28. The Kier molecular flexibility index (Phi) is 6.01. The molecule has 0 aliphatic carbocycles. The Hall–Kier alpha value is -2.29. The molecular formula is C19H24N2O. The van der Waals surface area contributed by atoms with Crippen LogP contribution in [0.2, 0.25) is 0 Å². The van der Waals surface area contributed by atoms with Crippen LogP contribution in [0.3, 0.4) is 0 Å². The summed E-state index contributed by atoms with van der Waals surface area (Å²) >= 11 is 0. The van der Waals surface area contributed by atoms with E-state index in [1.807, 2.05) is 43.3 Å². The van der Waals surface area contributed by atoms with Crippen molar-refractivity contribution in [2.45, 2.75) is 33.1 Å². The van der Waals surface area contributed by atoms with Crippen LogP contribution in [-0.4, -0.2) is 12.5 Å². The van der Waals surface area contributed by atoms with Gasteiger partial charge in [-0.25, -0.2) is 0 Å². The monoisotopic (exact) mass is 296 g/mol. The van der Waals surface area contributed by atoms with Crippen LogP contribution in [0.4, 0.5) is 11.4 Å². The lowest BCUT2D eigenvalue weighted by molar-refractivity contribution is -0.114. The van der Waals surface area contributed by atoms with Crippen LogP contribution < -0.4 is 10.6 Å². The van der Waals surface area contributed by atoms with Gasteiger partial charge in [-0.1, -0.05) is 37.6 Å². The maximum atomic E-state index is 11.9. The minimum absolute atomic E-state index is 0.0411. The summed E-state index contributed by atoms with van der Waals surface area (Å²) in [6, 6.07) is 16.1. The van der Waals surface area contributed by atoms with Crippen molar-refractivity contribution in [3.63, 3.8) is 0 Å². The van der Waals surface area contributed by atoms with Crippen molar-refractivity contribution >= 4 is 17.3 Å². The number of nitrogens with one attached hydrogen (secondary N) is 2. The molecule has 2 aromatic carbocycles. The summed E-state index contributed by atoms with van der Waals surface area (Å²) in [5.74, 6) is -0.0411. The van der Waals surface area contributed by atoms with Gasteiger partial charge in [-0.3, -0.25) is 4.79 Å². The van der Waals surface area contributed by atoms with Crippen molar-refractivity contribution in [3.8, 4) is 0 Å². The Morgan fingerprint density at radius 3 is 2.50 bits per heavy atom. The Bertz CT molecular complexity index is 605. The molecule has 0 fully saturated rings. The first-order valence-electron chi connectivity index (χ1n) is 7.86. The number of hydrogen-bond donors (Lipinski definition) is 2. The van der Waals surface area contributed by atoms with Gasteiger partial charge in [0.15, 0.2) is 0 Å². The molecule has 0 bridgehead atoms. The highest BCUT2D eigenvalue weighted by Crippen LogP contribution is 2.12. The van der Waals surface area contributed by atoms with Gasteiger partial charge in [0.1, 0.15) is 0 Å². The van der Waals surface area contributed by atoms with Crippen LogP contribution in [-0.2, 0) is 11.2 Å². The van der Waals surface area contributed by atoms with Gasteiger partial charge < -0.3 is 10.6 Å². The van der Waals surface area contributed by atoms with E-state index < -0.39 is 0 Å². The molecule has 0 spiro atoms. The number of rotatable bonds is 7. The summed E-state index contributed by atoms with van der Waals surface area (Å²) in [7, 11) is 0. The van der Waals surface area contributed by atoms with Crippen molar-refractivity contribution in [2.75, 3.05) is 17.2 Å². The molecule has 2 aromatic rings. The van der Waals surface area contributed by atoms with Gasteiger partial charge in [0.25, 0.3) is 0 Å². The van der Waals surface area contributed by atoms with E-state index >= 15 is 0 Å². The molecule has 0 heterocycles. The Morgan fingerprint density at radius 1 is 1.05 bits per heavy atom. The lowest BCUT2D eigenvalue weighted by Gasteiger charge is -2.09. The Balaban J connectivity index is 1.80. The number of carbonyl (C=O) groups is 1. The normalized spacial score (nSPS) is 10.3. The first-order chi connectivity index (χ1) is 10.7. The summed E-state index contributed by atoms with van der Waals surface area (Å²) in [4.78, 5) is 11.9. The molecule has 3 nitrogen and oxygen atoms in total. The molecule has 2 N–H and O–H groups in total. The van der Waals surface area contributed by atoms with Crippen molar-refractivity contribution in [2.24, 2.45) is 0 Å². The first kappa shape index (κ1) is 16.1. The van der Waals surface area contributed by atoms with E-state index in [2.05, 4.69) is 29.7 Å². The first-order valence-corrected chi connectivity index (χ1v) is 7.86. The second kappa shape index (κ2) is 8.23.